The van der Waals surface area contributed by atoms with Crippen molar-refractivity contribution in [2.45, 2.75) is 45.4 Å². The largest absolute Gasteiger partial charge is 0.481 e. The molecule has 3 heteroatoms. The number of hydrogen-bond acceptors (Lipinski definition) is 2. The number of hydrogen-bond donors (Lipinski definition) is 1. The molecule has 0 saturated heterocycles. The number of carboxylic acid groups (broad SMARTS) is 1. The number of aliphatic carboxylic acids is 1. The predicted octanol–water partition coefficient (Wildman–Crippen LogP) is 3.50. The molecule has 0 amide bonds. The van der Waals surface area contributed by atoms with Crippen molar-refractivity contribution in [3.05, 3.63) is 29.3 Å². The monoisotopic (exact) mass is 287 g/mol. The normalized spacial score (nSPS) is 19.8. The van der Waals surface area contributed by atoms with Gasteiger partial charge in [-0.3, -0.25) is 4.79 Å². The van der Waals surface area contributed by atoms with E-state index >= 15 is 0 Å². The second-order valence-electron chi connectivity index (χ2n) is 6.70. The van der Waals surface area contributed by atoms with Gasteiger partial charge in [0.05, 0.1) is 5.92 Å². The number of nitrogens with zero attached hydrogens (tertiary/aromatic N) is 1. The fourth-order valence-electron chi connectivity index (χ4n) is 3.88. The van der Waals surface area contributed by atoms with Crippen molar-refractivity contribution in [1.82, 2.24) is 0 Å². The summed E-state index contributed by atoms with van der Waals surface area (Å²) in [5.41, 5.74) is 3.98. The molecule has 1 aliphatic heterocycles. The van der Waals surface area contributed by atoms with Crippen molar-refractivity contribution in [2.75, 3.05) is 18.0 Å². The highest BCUT2D eigenvalue weighted by molar-refractivity contribution is 5.70. The van der Waals surface area contributed by atoms with E-state index in [2.05, 4.69) is 23.1 Å². The molecule has 2 aliphatic rings. The van der Waals surface area contributed by atoms with Crippen LogP contribution >= 0.6 is 0 Å². The second-order valence-corrected chi connectivity index (χ2v) is 6.70. The Balaban J connectivity index is 1.75. The summed E-state index contributed by atoms with van der Waals surface area (Å²) in [6.45, 7) is 4.09. The predicted molar refractivity (Wildman–Crippen MR) is 84.8 cm³/mol. The highest BCUT2D eigenvalue weighted by Crippen LogP contribution is 2.34. The molecular weight excluding hydrogens is 262 g/mol. The van der Waals surface area contributed by atoms with E-state index in [-0.39, 0.29) is 5.92 Å². The van der Waals surface area contributed by atoms with Crippen molar-refractivity contribution in [3.63, 3.8) is 0 Å². The van der Waals surface area contributed by atoms with Gasteiger partial charge in [-0.2, -0.15) is 0 Å². The van der Waals surface area contributed by atoms with Crippen molar-refractivity contribution in [1.29, 1.82) is 0 Å². The molecular formula is C18H25NO2. The SMILES string of the molecule is CC(Cc1cccc2c1CCN2CC1CCCC1)C(=O)O. The molecule has 21 heavy (non-hydrogen) atoms. The minimum Gasteiger partial charge on any atom is -0.481 e. The third kappa shape index (κ3) is 3.07. The van der Waals surface area contributed by atoms with Crippen LogP contribution in [0, 0.1) is 11.8 Å². The molecule has 1 aliphatic carbocycles. The lowest BCUT2D eigenvalue weighted by Crippen LogP contribution is -2.26. The first-order valence-corrected chi connectivity index (χ1v) is 8.23. The van der Waals surface area contributed by atoms with Gasteiger partial charge in [-0.15, -0.1) is 0 Å². The Morgan fingerprint density at radius 3 is 2.86 bits per heavy atom. The molecule has 1 N–H and O–H groups in total. The lowest BCUT2D eigenvalue weighted by atomic mass is 9.95. The number of fused-ring (bicyclic) bond motifs is 1. The van der Waals surface area contributed by atoms with Gasteiger partial charge in [-0.05, 0) is 48.8 Å². The van der Waals surface area contributed by atoms with Crippen LogP contribution < -0.4 is 4.90 Å². The average molecular weight is 287 g/mol. The number of carboxylic acids is 1. The minimum absolute atomic E-state index is 0.305. The van der Waals surface area contributed by atoms with E-state index in [1.165, 1.54) is 49.0 Å². The van der Waals surface area contributed by atoms with E-state index in [1.54, 1.807) is 6.92 Å². The van der Waals surface area contributed by atoms with Crippen LogP contribution in [-0.4, -0.2) is 24.2 Å². The Bertz CT molecular complexity index is 520. The maximum absolute atomic E-state index is 11.1. The van der Waals surface area contributed by atoms with Crippen molar-refractivity contribution >= 4 is 11.7 Å². The Hall–Kier alpha value is -1.51. The van der Waals surface area contributed by atoms with E-state index in [0.717, 1.165) is 18.9 Å². The number of benzene rings is 1. The first kappa shape index (κ1) is 14.4. The third-order valence-corrected chi connectivity index (χ3v) is 5.12. The molecule has 1 heterocycles. The van der Waals surface area contributed by atoms with Gasteiger partial charge >= 0.3 is 5.97 Å². The van der Waals surface area contributed by atoms with Gasteiger partial charge in [-0.25, -0.2) is 0 Å². The zero-order valence-corrected chi connectivity index (χ0v) is 12.8. The first-order valence-electron chi connectivity index (χ1n) is 8.23. The molecule has 1 aromatic rings. The van der Waals surface area contributed by atoms with Gasteiger partial charge in [0.25, 0.3) is 0 Å². The van der Waals surface area contributed by atoms with Crippen LogP contribution in [0.1, 0.15) is 43.7 Å². The van der Waals surface area contributed by atoms with Crippen molar-refractivity contribution < 1.29 is 9.90 Å². The van der Waals surface area contributed by atoms with E-state index in [0.29, 0.717) is 6.42 Å². The smallest absolute Gasteiger partial charge is 0.306 e. The Kier molecular flexibility index (Phi) is 4.18. The fraction of sp³-hybridized carbons (Fsp3) is 0.611. The summed E-state index contributed by atoms with van der Waals surface area (Å²) in [6.07, 6.45) is 7.26. The van der Waals surface area contributed by atoms with Crippen LogP contribution in [0.4, 0.5) is 5.69 Å². The summed E-state index contributed by atoms with van der Waals surface area (Å²) in [5.74, 6) is -0.147. The maximum Gasteiger partial charge on any atom is 0.306 e. The summed E-state index contributed by atoms with van der Waals surface area (Å²) < 4.78 is 0. The van der Waals surface area contributed by atoms with Crippen LogP contribution in [0.5, 0.6) is 0 Å². The zero-order valence-electron chi connectivity index (χ0n) is 12.8. The lowest BCUT2D eigenvalue weighted by Gasteiger charge is -2.23. The van der Waals surface area contributed by atoms with E-state index in [4.69, 9.17) is 5.11 Å². The highest BCUT2D eigenvalue weighted by Gasteiger charge is 2.26. The van der Waals surface area contributed by atoms with Crippen LogP contribution in [0.15, 0.2) is 18.2 Å². The van der Waals surface area contributed by atoms with E-state index < -0.39 is 5.97 Å². The van der Waals surface area contributed by atoms with Gasteiger partial charge < -0.3 is 10.0 Å². The maximum atomic E-state index is 11.1. The van der Waals surface area contributed by atoms with Crippen molar-refractivity contribution in [3.8, 4) is 0 Å². The van der Waals surface area contributed by atoms with Gasteiger partial charge in [0.15, 0.2) is 0 Å². The quantitative estimate of drug-likeness (QED) is 0.901. The van der Waals surface area contributed by atoms with Crippen LogP contribution in [0.2, 0.25) is 0 Å². The number of carbonyl (C=O) groups is 1. The van der Waals surface area contributed by atoms with E-state index in [9.17, 15) is 4.79 Å². The molecule has 1 aromatic carbocycles. The second kappa shape index (κ2) is 6.08. The number of rotatable bonds is 5. The summed E-state index contributed by atoms with van der Waals surface area (Å²) >= 11 is 0. The van der Waals surface area contributed by atoms with Gasteiger partial charge in [0.1, 0.15) is 0 Å². The average Bonchev–Trinajstić information content (AvgIpc) is 3.10. The van der Waals surface area contributed by atoms with Crippen LogP contribution in [0.25, 0.3) is 0 Å². The Labute approximate surface area is 127 Å². The lowest BCUT2D eigenvalue weighted by molar-refractivity contribution is -0.141. The molecule has 114 valence electrons. The summed E-state index contributed by atoms with van der Waals surface area (Å²) in [7, 11) is 0. The van der Waals surface area contributed by atoms with Crippen LogP contribution in [-0.2, 0) is 17.6 Å². The summed E-state index contributed by atoms with van der Waals surface area (Å²) in [6, 6.07) is 6.42. The minimum atomic E-state index is -0.701. The number of anilines is 1. The third-order valence-electron chi connectivity index (χ3n) is 5.12. The first-order chi connectivity index (χ1) is 10.1. The molecule has 3 nitrogen and oxygen atoms in total. The molecule has 1 saturated carbocycles. The van der Waals surface area contributed by atoms with Crippen LogP contribution in [0.3, 0.4) is 0 Å². The standard InChI is InChI=1S/C18H25NO2/c1-13(18(20)21)11-15-7-4-8-17-16(15)9-10-19(17)12-14-5-2-3-6-14/h4,7-8,13-14H,2-3,5-6,9-12H2,1H3,(H,20,21). The van der Waals surface area contributed by atoms with Crippen molar-refractivity contribution in [2.24, 2.45) is 11.8 Å². The zero-order chi connectivity index (χ0) is 14.8. The molecule has 3 rings (SSSR count). The molecule has 1 fully saturated rings. The molecule has 1 atom stereocenters. The molecule has 1 unspecified atom stereocenters. The fourth-order valence-corrected chi connectivity index (χ4v) is 3.88. The van der Waals surface area contributed by atoms with Gasteiger partial charge in [-0.1, -0.05) is 31.9 Å². The molecule has 0 bridgehead atoms. The molecule has 0 radical (unpaired) electrons. The van der Waals surface area contributed by atoms with Gasteiger partial charge in [0.2, 0.25) is 0 Å². The molecule has 0 aromatic heterocycles. The van der Waals surface area contributed by atoms with E-state index in [1.807, 2.05) is 0 Å². The summed E-state index contributed by atoms with van der Waals surface area (Å²) in [5, 5.41) is 9.12. The Morgan fingerprint density at radius 2 is 2.14 bits per heavy atom. The molecule has 0 spiro atoms. The Morgan fingerprint density at radius 1 is 1.38 bits per heavy atom. The van der Waals surface area contributed by atoms with Gasteiger partial charge in [0, 0.05) is 18.8 Å². The highest BCUT2D eigenvalue weighted by atomic mass is 16.4. The topological polar surface area (TPSA) is 40.5 Å². The summed E-state index contributed by atoms with van der Waals surface area (Å²) in [4.78, 5) is 13.6.